The van der Waals surface area contributed by atoms with Gasteiger partial charge >= 0.3 is 0 Å². The molecule has 0 spiro atoms. The summed E-state index contributed by atoms with van der Waals surface area (Å²) < 4.78 is 0. The Balaban J connectivity index is 1.74. The number of carbonyl (C=O) groups is 1. The van der Waals surface area contributed by atoms with E-state index in [0.29, 0.717) is 24.4 Å². The van der Waals surface area contributed by atoms with E-state index in [0.717, 1.165) is 66.6 Å². The number of aryl methyl sites for hydroxylation is 2. The molecule has 188 valence electrons. The van der Waals surface area contributed by atoms with E-state index in [9.17, 15) is 4.79 Å². The quantitative estimate of drug-likeness (QED) is 0.389. The Morgan fingerprint density at radius 3 is 2.22 bits per heavy atom. The van der Waals surface area contributed by atoms with E-state index in [4.69, 9.17) is 5.73 Å². The fourth-order valence-electron chi connectivity index (χ4n) is 5.94. The van der Waals surface area contributed by atoms with Gasteiger partial charge < -0.3 is 16.4 Å². The van der Waals surface area contributed by atoms with Crippen LogP contribution in [0.25, 0.3) is 5.70 Å². The highest BCUT2D eigenvalue weighted by Crippen LogP contribution is 2.51. The van der Waals surface area contributed by atoms with Crippen LogP contribution in [0, 0.1) is 0 Å². The lowest BCUT2D eigenvalue weighted by atomic mass is 9.60. The molecule has 8 nitrogen and oxygen atoms in total. The molecule has 2 aromatic carbocycles. The van der Waals surface area contributed by atoms with Gasteiger partial charge in [0.1, 0.15) is 0 Å². The topological polar surface area (TPSA) is 122 Å². The van der Waals surface area contributed by atoms with Gasteiger partial charge in [-0.1, -0.05) is 30.0 Å². The summed E-state index contributed by atoms with van der Waals surface area (Å²) >= 11 is 0. The standard InChI is InChI=1S/C28H35N7O/c1-4-30-18(3)19-9-11-23-20(15-19)7-8-21-16-22(25(36)31-5-2)10-12-24(21)28(23,26-32-34-35-33-26)17-27(29)13-6-14-27/h9-12,15-16,30H,3-8,13-14,17,29H2,1-2H3,(H,31,36)(H,32,33,34,35). The molecule has 1 atom stereocenters. The normalized spacial score (nSPS) is 19.9. The molecule has 1 fully saturated rings. The molecule has 5 rings (SSSR count). The Labute approximate surface area is 212 Å². The molecule has 8 heteroatoms. The van der Waals surface area contributed by atoms with Crippen molar-refractivity contribution in [2.24, 2.45) is 5.73 Å². The van der Waals surface area contributed by atoms with Gasteiger partial charge in [0, 0.05) is 29.9 Å². The molecule has 1 amide bonds. The fourth-order valence-corrected chi connectivity index (χ4v) is 5.94. The Bertz CT molecular complexity index is 1210. The number of nitrogens with zero attached hydrogens (tertiary/aromatic N) is 3. The van der Waals surface area contributed by atoms with Crippen molar-refractivity contribution in [2.75, 3.05) is 13.1 Å². The zero-order chi connectivity index (χ0) is 25.3. The molecule has 1 saturated carbocycles. The van der Waals surface area contributed by atoms with Gasteiger partial charge in [0.15, 0.2) is 5.82 Å². The number of amides is 1. The molecule has 5 N–H and O–H groups in total. The molecule has 1 unspecified atom stereocenters. The van der Waals surface area contributed by atoms with Crippen molar-refractivity contribution in [3.05, 3.63) is 82.2 Å². The van der Waals surface area contributed by atoms with Gasteiger partial charge in [-0.25, -0.2) is 0 Å². The maximum Gasteiger partial charge on any atom is 0.251 e. The molecular formula is C28H35N7O. The third-order valence-electron chi connectivity index (χ3n) is 7.83. The van der Waals surface area contributed by atoms with E-state index in [1.807, 2.05) is 19.1 Å². The first-order chi connectivity index (χ1) is 17.4. The molecule has 3 aromatic rings. The first-order valence-electron chi connectivity index (χ1n) is 12.9. The first-order valence-corrected chi connectivity index (χ1v) is 12.9. The second-order valence-corrected chi connectivity index (χ2v) is 10.1. The molecule has 2 aliphatic rings. The maximum absolute atomic E-state index is 12.7. The van der Waals surface area contributed by atoms with Crippen molar-refractivity contribution in [1.82, 2.24) is 31.3 Å². The van der Waals surface area contributed by atoms with Crippen molar-refractivity contribution in [3.63, 3.8) is 0 Å². The molecule has 0 saturated heterocycles. The third-order valence-corrected chi connectivity index (χ3v) is 7.83. The lowest BCUT2D eigenvalue weighted by Gasteiger charge is -2.46. The number of aromatic amines is 1. The second-order valence-electron chi connectivity index (χ2n) is 10.1. The van der Waals surface area contributed by atoms with Crippen LogP contribution in [0.4, 0.5) is 0 Å². The van der Waals surface area contributed by atoms with E-state index in [2.05, 4.69) is 69.0 Å². The number of hydrogen-bond acceptors (Lipinski definition) is 6. The van der Waals surface area contributed by atoms with Crippen molar-refractivity contribution < 1.29 is 4.79 Å². The average molecular weight is 486 g/mol. The lowest BCUT2D eigenvalue weighted by Crippen LogP contribution is -2.52. The van der Waals surface area contributed by atoms with Crippen LogP contribution in [0.15, 0.2) is 43.0 Å². The highest BCUT2D eigenvalue weighted by molar-refractivity contribution is 5.94. The Morgan fingerprint density at radius 1 is 1.03 bits per heavy atom. The molecule has 36 heavy (non-hydrogen) atoms. The van der Waals surface area contributed by atoms with Crippen molar-refractivity contribution in [3.8, 4) is 0 Å². The number of nitrogens with one attached hydrogen (secondary N) is 3. The fraction of sp³-hybridized carbons (Fsp3) is 0.429. The molecule has 0 radical (unpaired) electrons. The lowest BCUT2D eigenvalue weighted by molar-refractivity contribution is 0.0955. The summed E-state index contributed by atoms with van der Waals surface area (Å²) in [5.41, 5.74) is 13.2. The first kappa shape index (κ1) is 24.2. The molecule has 0 aliphatic heterocycles. The third kappa shape index (κ3) is 4.09. The molecule has 1 aromatic heterocycles. The molecule has 0 bridgehead atoms. The number of tetrazole rings is 1. The van der Waals surface area contributed by atoms with Gasteiger partial charge in [0.05, 0.1) is 5.41 Å². The SMILES string of the molecule is C=C(NCC)c1ccc2c(c1)CCc1cc(C(=O)NCC)ccc1C2(CC1(N)CCC1)c1nn[nH]n1. The smallest absolute Gasteiger partial charge is 0.251 e. The number of benzene rings is 2. The van der Waals surface area contributed by atoms with Crippen molar-refractivity contribution in [1.29, 1.82) is 0 Å². The summed E-state index contributed by atoms with van der Waals surface area (Å²) in [7, 11) is 0. The van der Waals surface area contributed by atoms with E-state index in [1.165, 1.54) is 5.56 Å². The number of rotatable bonds is 8. The highest BCUT2D eigenvalue weighted by Gasteiger charge is 2.50. The maximum atomic E-state index is 12.7. The molecular weight excluding hydrogens is 450 g/mol. The van der Waals surface area contributed by atoms with E-state index >= 15 is 0 Å². The van der Waals surface area contributed by atoms with Gasteiger partial charge in [0.25, 0.3) is 5.91 Å². The van der Waals surface area contributed by atoms with Crippen LogP contribution in [-0.4, -0.2) is 45.2 Å². The van der Waals surface area contributed by atoms with Crippen LogP contribution in [0.2, 0.25) is 0 Å². The predicted octanol–water partition coefficient (Wildman–Crippen LogP) is 3.23. The van der Waals surface area contributed by atoms with Crippen LogP contribution in [0.3, 0.4) is 0 Å². The second kappa shape index (κ2) is 9.50. The van der Waals surface area contributed by atoms with E-state index in [1.54, 1.807) is 0 Å². The summed E-state index contributed by atoms with van der Waals surface area (Å²) in [6.07, 6.45) is 5.34. The number of carbonyl (C=O) groups excluding carboxylic acids is 1. The van der Waals surface area contributed by atoms with Crippen LogP contribution < -0.4 is 16.4 Å². The van der Waals surface area contributed by atoms with E-state index < -0.39 is 5.41 Å². The summed E-state index contributed by atoms with van der Waals surface area (Å²) in [6.45, 7) is 9.62. The highest BCUT2D eigenvalue weighted by atomic mass is 16.1. The summed E-state index contributed by atoms with van der Waals surface area (Å²) in [6, 6.07) is 12.6. The van der Waals surface area contributed by atoms with Gasteiger partial charge in [-0.3, -0.25) is 4.79 Å². The number of H-pyrrole nitrogens is 1. The van der Waals surface area contributed by atoms with Crippen LogP contribution in [-0.2, 0) is 18.3 Å². The summed E-state index contributed by atoms with van der Waals surface area (Å²) in [5, 5.41) is 22.0. The zero-order valence-corrected chi connectivity index (χ0v) is 21.2. The number of aromatic nitrogens is 4. The Kier molecular flexibility index (Phi) is 6.38. The van der Waals surface area contributed by atoms with Gasteiger partial charge in [0.2, 0.25) is 0 Å². The summed E-state index contributed by atoms with van der Waals surface area (Å²) in [5.74, 6) is 0.554. The minimum Gasteiger partial charge on any atom is -0.385 e. The van der Waals surface area contributed by atoms with Gasteiger partial charge in [-0.05, 0) is 98.4 Å². The number of fused-ring (bicyclic) bond motifs is 2. The average Bonchev–Trinajstić information content (AvgIpc) is 3.37. The van der Waals surface area contributed by atoms with Crippen LogP contribution in [0.5, 0.6) is 0 Å². The minimum atomic E-state index is -0.679. The Hall–Kier alpha value is -3.52. The Morgan fingerprint density at radius 2 is 1.67 bits per heavy atom. The number of nitrogens with two attached hydrogens (primary N) is 1. The van der Waals surface area contributed by atoms with Gasteiger partial charge in [-0.2, -0.15) is 5.21 Å². The van der Waals surface area contributed by atoms with E-state index in [-0.39, 0.29) is 11.4 Å². The number of hydrogen-bond donors (Lipinski definition) is 4. The minimum absolute atomic E-state index is 0.0641. The predicted molar refractivity (Wildman–Crippen MR) is 140 cm³/mol. The van der Waals surface area contributed by atoms with Crippen molar-refractivity contribution in [2.45, 2.75) is 63.3 Å². The summed E-state index contributed by atoms with van der Waals surface area (Å²) in [4.78, 5) is 12.7. The van der Waals surface area contributed by atoms with Crippen LogP contribution >= 0.6 is 0 Å². The zero-order valence-electron chi connectivity index (χ0n) is 21.2. The van der Waals surface area contributed by atoms with Crippen molar-refractivity contribution >= 4 is 11.6 Å². The monoisotopic (exact) mass is 485 g/mol. The largest absolute Gasteiger partial charge is 0.385 e. The molecule has 1 heterocycles. The van der Waals surface area contributed by atoms with Crippen LogP contribution in [0.1, 0.15) is 83.5 Å². The molecule has 2 aliphatic carbocycles. The van der Waals surface area contributed by atoms with Gasteiger partial charge in [-0.15, -0.1) is 10.2 Å².